The summed E-state index contributed by atoms with van der Waals surface area (Å²) in [4.78, 5) is 12.2. The molecule has 0 heterocycles. The Bertz CT molecular complexity index is 483. The Balaban J connectivity index is 2.73. The van der Waals surface area contributed by atoms with Gasteiger partial charge in [-0.25, -0.2) is 0 Å². The predicted octanol–water partition coefficient (Wildman–Crippen LogP) is 1.57. The fourth-order valence-corrected chi connectivity index (χ4v) is 1.75. The minimum atomic E-state index is -0.167. The Morgan fingerprint density at radius 2 is 1.90 bits per heavy atom. The number of hydrogen-bond donors (Lipinski definition) is 3. The summed E-state index contributed by atoms with van der Waals surface area (Å²) < 4.78 is 5.38. The highest BCUT2D eigenvalue weighted by atomic mass is 16.5. The minimum Gasteiger partial charge on any atom is -0.409 e. The SMILES string of the molecule is CCOCC(NC(=O)c1ccc(/C(N)=N/O)cc1)C(C)C. The van der Waals surface area contributed by atoms with E-state index in [4.69, 9.17) is 15.7 Å². The largest absolute Gasteiger partial charge is 0.409 e. The maximum atomic E-state index is 12.2. The number of amides is 1. The second kappa shape index (κ2) is 8.26. The third-order valence-corrected chi connectivity index (χ3v) is 3.17. The summed E-state index contributed by atoms with van der Waals surface area (Å²) >= 11 is 0. The Kier molecular flexibility index (Phi) is 6.68. The fraction of sp³-hybridized carbons (Fsp3) is 0.467. The van der Waals surface area contributed by atoms with Gasteiger partial charge in [0, 0.05) is 17.7 Å². The lowest BCUT2D eigenvalue weighted by Crippen LogP contribution is -2.41. The minimum absolute atomic E-state index is 0.0124. The van der Waals surface area contributed by atoms with E-state index >= 15 is 0 Å². The molecule has 6 nitrogen and oxygen atoms in total. The van der Waals surface area contributed by atoms with Crippen LogP contribution in [0.15, 0.2) is 29.4 Å². The number of oxime groups is 1. The summed E-state index contributed by atoms with van der Waals surface area (Å²) in [7, 11) is 0. The van der Waals surface area contributed by atoms with Gasteiger partial charge in [-0.05, 0) is 25.0 Å². The van der Waals surface area contributed by atoms with Gasteiger partial charge in [-0.15, -0.1) is 0 Å². The zero-order valence-corrected chi connectivity index (χ0v) is 12.7. The van der Waals surface area contributed by atoms with Gasteiger partial charge in [0.05, 0.1) is 12.6 Å². The van der Waals surface area contributed by atoms with E-state index < -0.39 is 0 Å². The Morgan fingerprint density at radius 3 is 2.38 bits per heavy atom. The first-order valence-electron chi connectivity index (χ1n) is 6.96. The molecule has 1 rings (SSSR count). The third kappa shape index (κ3) is 5.07. The molecule has 1 amide bonds. The first-order valence-corrected chi connectivity index (χ1v) is 6.96. The summed E-state index contributed by atoms with van der Waals surface area (Å²) in [6.45, 7) is 7.09. The van der Waals surface area contributed by atoms with E-state index in [2.05, 4.69) is 10.5 Å². The Labute approximate surface area is 125 Å². The van der Waals surface area contributed by atoms with Crippen LogP contribution in [0, 0.1) is 5.92 Å². The van der Waals surface area contributed by atoms with E-state index in [1.165, 1.54) is 0 Å². The molecule has 0 radical (unpaired) electrons. The number of amidine groups is 1. The molecule has 0 aliphatic heterocycles. The lowest BCUT2D eigenvalue weighted by Gasteiger charge is -2.22. The number of nitrogens with two attached hydrogens (primary N) is 1. The predicted molar refractivity (Wildman–Crippen MR) is 81.5 cm³/mol. The van der Waals surface area contributed by atoms with E-state index in [0.717, 1.165) is 0 Å². The van der Waals surface area contributed by atoms with E-state index in [9.17, 15) is 4.79 Å². The van der Waals surface area contributed by atoms with E-state index in [-0.39, 0.29) is 23.7 Å². The highest BCUT2D eigenvalue weighted by molar-refractivity contribution is 5.99. The number of hydrogen-bond acceptors (Lipinski definition) is 4. The molecule has 0 aliphatic carbocycles. The number of rotatable bonds is 7. The number of carbonyl (C=O) groups is 1. The van der Waals surface area contributed by atoms with Gasteiger partial charge < -0.3 is 21.0 Å². The molecule has 1 unspecified atom stereocenters. The van der Waals surface area contributed by atoms with Crippen LogP contribution in [0.1, 0.15) is 36.7 Å². The summed E-state index contributed by atoms with van der Waals surface area (Å²) in [6.07, 6.45) is 0. The number of nitrogens with one attached hydrogen (secondary N) is 1. The summed E-state index contributed by atoms with van der Waals surface area (Å²) in [5.41, 5.74) is 6.56. The quantitative estimate of drug-likeness (QED) is 0.308. The van der Waals surface area contributed by atoms with Crippen LogP contribution < -0.4 is 11.1 Å². The molecular weight excluding hydrogens is 270 g/mol. The van der Waals surface area contributed by atoms with Gasteiger partial charge in [0.1, 0.15) is 0 Å². The highest BCUT2D eigenvalue weighted by Gasteiger charge is 2.17. The average Bonchev–Trinajstić information content (AvgIpc) is 2.50. The topological polar surface area (TPSA) is 96.9 Å². The number of benzene rings is 1. The van der Waals surface area contributed by atoms with Crippen LogP contribution in [0.2, 0.25) is 0 Å². The molecule has 6 heteroatoms. The van der Waals surface area contributed by atoms with Crippen LogP contribution in [0.25, 0.3) is 0 Å². The van der Waals surface area contributed by atoms with Crippen molar-refractivity contribution in [3.63, 3.8) is 0 Å². The molecular formula is C15H23N3O3. The van der Waals surface area contributed by atoms with Crippen molar-refractivity contribution in [3.05, 3.63) is 35.4 Å². The van der Waals surface area contributed by atoms with Gasteiger partial charge in [0.15, 0.2) is 5.84 Å². The monoisotopic (exact) mass is 293 g/mol. The molecule has 0 aromatic heterocycles. The van der Waals surface area contributed by atoms with Crippen molar-refractivity contribution in [2.75, 3.05) is 13.2 Å². The van der Waals surface area contributed by atoms with E-state index in [0.29, 0.717) is 24.3 Å². The lowest BCUT2D eigenvalue weighted by atomic mass is 10.0. The number of ether oxygens (including phenoxy) is 1. The van der Waals surface area contributed by atoms with Crippen LogP contribution >= 0.6 is 0 Å². The molecule has 0 bridgehead atoms. The van der Waals surface area contributed by atoms with Gasteiger partial charge in [-0.1, -0.05) is 31.1 Å². The molecule has 1 aromatic carbocycles. The van der Waals surface area contributed by atoms with Crippen LogP contribution in [0.3, 0.4) is 0 Å². The van der Waals surface area contributed by atoms with Gasteiger partial charge in [0.2, 0.25) is 0 Å². The van der Waals surface area contributed by atoms with E-state index in [1.807, 2.05) is 20.8 Å². The maximum absolute atomic E-state index is 12.2. The second-order valence-electron chi connectivity index (χ2n) is 5.05. The van der Waals surface area contributed by atoms with Gasteiger partial charge in [-0.2, -0.15) is 0 Å². The van der Waals surface area contributed by atoms with Crippen molar-refractivity contribution in [3.8, 4) is 0 Å². The molecule has 1 atom stereocenters. The van der Waals surface area contributed by atoms with Crippen LogP contribution in [-0.4, -0.2) is 36.2 Å². The Hall–Kier alpha value is -2.08. The molecule has 0 saturated carbocycles. The van der Waals surface area contributed by atoms with Crippen LogP contribution in [0.4, 0.5) is 0 Å². The smallest absolute Gasteiger partial charge is 0.251 e. The summed E-state index contributed by atoms with van der Waals surface area (Å²) in [5.74, 6) is 0.120. The summed E-state index contributed by atoms with van der Waals surface area (Å²) in [6, 6.07) is 6.51. The van der Waals surface area contributed by atoms with Crippen LogP contribution in [0.5, 0.6) is 0 Å². The number of nitrogens with zero attached hydrogens (tertiary/aromatic N) is 1. The second-order valence-corrected chi connectivity index (χ2v) is 5.05. The molecule has 0 aliphatic rings. The third-order valence-electron chi connectivity index (χ3n) is 3.17. The first kappa shape index (κ1) is 17.0. The zero-order chi connectivity index (χ0) is 15.8. The van der Waals surface area contributed by atoms with Gasteiger partial charge >= 0.3 is 0 Å². The van der Waals surface area contributed by atoms with Gasteiger partial charge in [0.25, 0.3) is 5.91 Å². The van der Waals surface area contributed by atoms with Crippen molar-refractivity contribution in [1.29, 1.82) is 0 Å². The average molecular weight is 293 g/mol. The van der Waals surface area contributed by atoms with E-state index in [1.54, 1.807) is 24.3 Å². The summed E-state index contributed by atoms with van der Waals surface area (Å²) in [5, 5.41) is 14.5. The van der Waals surface area contributed by atoms with Crippen molar-refractivity contribution in [2.24, 2.45) is 16.8 Å². The molecule has 0 saturated heterocycles. The molecule has 116 valence electrons. The number of carbonyl (C=O) groups excluding carboxylic acids is 1. The standard InChI is InChI=1S/C15H23N3O3/c1-4-21-9-13(10(2)3)17-15(19)12-7-5-11(6-8-12)14(16)18-20/h5-8,10,13,20H,4,9H2,1-3H3,(H2,16,18)(H,17,19). The lowest BCUT2D eigenvalue weighted by molar-refractivity contribution is 0.0806. The van der Waals surface area contributed by atoms with Gasteiger partial charge in [-0.3, -0.25) is 4.79 Å². The molecule has 1 aromatic rings. The van der Waals surface area contributed by atoms with Crippen molar-refractivity contribution >= 4 is 11.7 Å². The Morgan fingerprint density at radius 1 is 1.33 bits per heavy atom. The first-order chi connectivity index (χ1) is 9.99. The van der Waals surface area contributed by atoms with Crippen molar-refractivity contribution in [2.45, 2.75) is 26.8 Å². The highest BCUT2D eigenvalue weighted by Crippen LogP contribution is 2.07. The molecule has 0 fully saturated rings. The zero-order valence-electron chi connectivity index (χ0n) is 12.7. The van der Waals surface area contributed by atoms with Crippen LogP contribution in [-0.2, 0) is 4.74 Å². The molecule has 21 heavy (non-hydrogen) atoms. The van der Waals surface area contributed by atoms with Crippen molar-refractivity contribution in [1.82, 2.24) is 5.32 Å². The maximum Gasteiger partial charge on any atom is 0.251 e. The molecule has 4 N–H and O–H groups in total. The molecule has 0 spiro atoms. The fourth-order valence-electron chi connectivity index (χ4n) is 1.75. The normalized spacial score (nSPS) is 13.2. The van der Waals surface area contributed by atoms with Crippen molar-refractivity contribution < 1.29 is 14.7 Å².